The van der Waals surface area contributed by atoms with Crippen molar-refractivity contribution in [1.29, 1.82) is 5.26 Å². The highest BCUT2D eigenvalue weighted by Crippen LogP contribution is 2.14. The van der Waals surface area contributed by atoms with Crippen molar-refractivity contribution in [2.75, 3.05) is 11.9 Å². The van der Waals surface area contributed by atoms with Crippen molar-refractivity contribution in [1.82, 2.24) is 5.32 Å². The van der Waals surface area contributed by atoms with E-state index < -0.39 is 11.4 Å². The maximum absolute atomic E-state index is 11.9. The van der Waals surface area contributed by atoms with E-state index in [4.69, 9.17) is 22.0 Å². The number of nitriles is 1. The Balaban J connectivity index is 2.75. The van der Waals surface area contributed by atoms with Crippen LogP contribution in [0.1, 0.15) is 13.8 Å². The first kappa shape index (κ1) is 16.0. The Morgan fingerprint density at radius 3 is 2.55 bits per heavy atom. The molecule has 0 aliphatic carbocycles. The number of amides is 1. The Bertz CT molecular complexity index is 545. The van der Waals surface area contributed by atoms with E-state index >= 15 is 0 Å². The molecule has 0 bridgehead atoms. The zero-order chi connectivity index (χ0) is 15.2. The van der Waals surface area contributed by atoms with Crippen LogP contribution in [0.3, 0.4) is 0 Å². The number of halogens is 1. The summed E-state index contributed by atoms with van der Waals surface area (Å²) < 4.78 is 0. The van der Waals surface area contributed by atoms with Crippen molar-refractivity contribution in [3.63, 3.8) is 0 Å². The molecule has 6 heteroatoms. The highest BCUT2D eigenvalue weighted by molar-refractivity contribution is 6.30. The SMILES string of the molecule is CC(C)(CO)N/C=C(/C#N)C(=O)Nc1ccc(Cl)cc1. The van der Waals surface area contributed by atoms with Crippen LogP contribution in [0.4, 0.5) is 5.69 Å². The van der Waals surface area contributed by atoms with E-state index in [-0.39, 0.29) is 12.2 Å². The summed E-state index contributed by atoms with van der Waals surface area (Å²) in [5.41, 5.74) is -0.147. The third-order valence-electron chi connectivity index (χ3n) is 2.47. The fourth-order valence-electron chi connectivity index (χ4n) is 1.19. The van der Waals surface area contributed by atoms with E-state index in [1.54, 1.807) is 38.1 Å². The molecule has 0 aliphatic rings. The Morgan fingerprint density at radius 1 is 1.45 bits per heavy atom. The predicted octanol–water partition coefficient (Wildman–Crippen LogP) is 2.05. The Kier molecular flexibility index (Phi) is 5.56. The van der Waals surface area contributed by atoms with Gasteiger partial charge in [-0.25, -0.2) is 0 Å². The minimum absolute atomic E-state index is 0.0820. The number of rotatable bonds is 5. The standard InChI is InChI=1S/C14H16ClN3O2/c1-14(2,9-19)17-8-10(7-16)13(20)18-12-5-3-11(15)4-6-12/h3-6,8,17,19H,9H2,1-2H3,(H,18,20)/b10-8-. The monoisotopic (exact) mass is 293 g/mol. The van der Waals surface area contributed by atoms with Crippen molar-refractivity contribution < 1.29 is 9.90 Å². The van der Waals surface area contributed by atoms with Gasteiger partial charge in [0.2, 0.25) is 0 Å². The number of aliphatic hydroxyl groups excluding tert-OH is 1. The molecule has 0 unspecified atom stereocenters. The lowest BCUT2D eigenvalue weighted by molar-refractivity contribution is -0.112. The first-order valence-corrected chi connectivity index (χ1v) is 6.31. The normalized spacial score (nSPS) is 11.7. The molecule has 1 amide bonds. The molecule has 0 saturated carbocycles. The van der Waals surface area contributed by atoms with Crippen LogP contribution in [0, 0.1) is 11.3 Å². The number of aliphatic hydroxyl groups is 1. The summed E-state index contributed by atoms with van der Waals surface area (Å²) in [7, 11) is 0. The molecule has 1 aromatic rings. The number of carbonyl (C=O) groups excluding carboxylic acids is 1. The largest absolute Gasteiger partial charge is 0.394 e. The van der Waals surface area contributed by atoms with Gasteiger partial charge in [-0.1, -0.05) is 11.6 Å². The van der Waals surface area contributed by atoms with Crippen LogP contribution in [-0.4, -0.2) is 23.2 Å². The van der Waals surface area contributed by atoms with Crippen molar-refractivity contribution in [2.24, 2.45) is 0 Å². The minimum Gasteiger partial charge on any atom is -0.394 e. The average molecular weight is 294 g/mol. The summed E-state index contributed by atoms with van der Waals surface area (Å²) in [4.78, 5) is 11.9. The number of hydrogen-bond acceptors (Lipinski definition) is 4. The quantitative estimate of drug-likeness (QED) is 0.573. The van der Waals surface area contributed by atoms with Crippen LogP contribution >= 0.6 is 11.6 Å². The van der Waals surface area contributed by atoms with Gasteiger partial charge in [0.25, 0.3) is 5.91 Å². The van der Waals surface area contributed by atoms with Gasteiger partial charge in [0.1, 0.15) is 11.6 Å². The van der Waals surface area contributed by atoms with E-state index in [0.29, 0.717) is 10.7 Å². The molecular weight excluding hydrogens is 278 g/mol. The zero-order valence-corrected chi connectivity index (χ0v) is 12.0. The molecular formula is C14H16ClN3O2. The Morgan fingerprint density at radius 2 is 2.05 bits per heavy atom. The lowest BCUT2D eigenvalue weighted by atomic mass is 10.1. The number of nitrogens with one attached hydrogen (secondary N) is 2. The fourth-order valence-corrected chi connectivity index (χ4v) is 1.32. The second-order valence-corrected chi connectivity index (χ2v) is 5.25. The molecule has 0 radical (unpaired) electrons. The molecule has 0 atom stereocenters. The summed E-state index contributed by atoms with van der Waals surface area (Å²) in [5, 5.41) is 24.0. The van der Waals surface area contributed by atoms with Crippen LogP contribution in [0.5, 0.6) is 0 Å². The van der Waals surface area contributed by atoms with Crippen LogP contribution in [0.15, 0.2) is 36.0 Å². The molecule has 3 N–H and O–H groups in total. The molecule has 1 rings (SSSR count). The van der Waals surface area contributed by atoms with E-state index in [1.807, 2.05) is 6.07 Å². The van der Waals surface area contributed by atoms with E-state index in [1.165, 1.54) is 6.20 Å². The number of carbonyl (C=O) groups is 1. The van der Waals surface area contributed by atoms with Gasteiger partial charge in [-0.2, -0.15) is 5.26 Å². The second-order valence-electron chi connectivity index (χ2n) is 4.82. The molecule has 0 saturated heterocycles. The molecule has 20 heavy (non-hydrogen) atoms. The molecule has 0 spiro atoms. The van der Waals surface area contributed by atoms with Gasteiger partial charge >= 0.3 is 0 Å². The van der Waals surface area contributed by atoms with E-state index in [9.17, 15) is 4.79 Å². The minimum atomic E-state index is -0.608. The smallest absolute Gasteiger partial charge is 0.267 e. The summed E-state index contributed by atoms with van der Waals surface area (Å²) in [5.74, 6) is -0.531. The van der Waals surface area contributed by atoms with Gasteiger partial charge in [-0.3, -0.25) is 4.79 Å². The van der Waals surface area contributed by atoms with Crippen molar-refractivity contribution in [2.45, 2.75) is 19.4 Å². The third kappa shape index (κ3) is 4.92. The summed E-state index contributed by atoms with van der Waals surface area (Å²) >= 11 is 5.74. The zero-order valence-electron chi connectivity index (χ0n) is 11.3. The van der Waals surface area contributed by atoms with Gasteiger partial charge < -0.3 is 15.7 Å². The lowest BCUT2D eigenvalue weighted by Crippen LogP contribution is -2.39. The van der Waals surface area contributed by atoms with Gasteiger partial charge in [-0.15, -0.1) is 0 Å². The van der Waals surface area contributed by atoms with Gasteiger partial charge in [0.05, 0.1) is 12.1 Å². The van der Waals surface area contributed by atoms with Crippen LogP contribution in [-0.2, 0) is 4.79 Å². The maximum Gasteiger partial charge on any atom is 0.267 e. The average Bonchev–Trinajstić information content (AvgIpc) is 2.42. The number of nitrogens with zero attached hydrogens (tertiary/aromatic N) is 1. The first-order valence-electron chi connectivity index (χ1n) is 5.94. The highest BCUT2D eigenvalue weighted by Gasteiger charge is 2.15. The molecule has 0 aromatic heterocycles. The first-order chi connectivity index (χ1) is 9.38. The van der Waals surface area contributed by atoms with Gasteiger partial charge in [0.15, 0.2) is 0 Å². The number of anilines is 1. The van der Waals surface area contributed by atoms with Crippen LogP contribution in [0.25, 0.3) is 0 Å². The third-order valence-corrected chi connectivity index (χ3v) is 2.72. The maximum atomic E-state index is 11.9. The Hall–Kier alpha value is -2.03. The van der Waals surface area contributed by atoms with Crippen molar-refractivity contribution in [3.05, 3.63) is 41.1 Å². The molecule has 0 heterocycles. The lowest BCUT2D eigenvalue weighted by Gasteiger charge is -2.22. The van der Waals surface area contributed by atoms with E-state index in [0.717, 1.165) is 0 Å². The fraction of sp³-hybridized carbons (Fsp3) is 0.286. The Labute approximate surface area is 122 Å². The van der Waals surface area contributed by atoms with E-state index in [2.05, 4.69) is 10.6 Å². The van der Waals surface area contributed by atoms with Gasteiger partial charge in [0, 0.05) is 16.9 Å². The molecule has 0 fully saturated rings. The topological polar surface area (TPSA) is 85.2 Å². The number of benzene rings is 1. The van der Waals surface area contributed by atoms with Gasteiger partial charge in [-0.05, 0) is 38.1 Å². The molecule has 106 valence electrons. The second kappa shape index (κ2) is 6.94. The summed E-state index contributed by atoms with van der Waals surface area (Å²) in [6.07, 6.45) is 1.29. The summed E-state index contributed by atoms with van der Waals surface area (Å²) in [6, 6.07) is 8.37. The number of hydrogen-bond donors (Lipinski definition) is 3. The highest BCUT2D eigenvalue weighted by atomic mass is 35.5. The predicted molar refractivity (Wildman–Crippen MR) is 78.1 cm³/mol. The molecule has 1 aromatic carbocycles. The van der Waals surface area contributed by atoms with Crippen LogP contribution < -0.4 is 10.6 Å². The summed E-state index contributed by atoms with van der Waals surface area (Å²) in [6.45, 7) is 3.37. The molecule has 5 nitrogen and oxygen atoms in total. The van der Waals surface area contributed by atoms with Crippen molar-refractivity contribution in [3.8, 4) is 6.07 Å². The van der Waals surface area contributed by atoms with Crippen LogP contribution in [0.2, 0.25) is 5.02 Å². The molecule has 0 aliphatic heterocycles. The van der Waals surface area contributed by atoms with Crippen molar-refractivity contribution >= 4 is 23.2 Å².